The van der Waals surface area contributed by atoms with Crippen LogP contribution in [0.4, 0.5) is 0 Å². The van der Waals surface area contributed by atoms with Gasteiger partial charge in [-0.15, -0.1) is 0 Å². The molecule has 0 saturated carbocycles. The number of nitrogens with zero attached hydrogens (tertiary/aromatic N) is 1. The van der Waals surface area contributed by atoms with Crippen molar-refractivity contribution in [2.24, 2.45) is 0 Å². The molecule has 2 amide bonds. The summed E-state index contributed by atoms with van der Waals surface area (Å²) in [7, 11) is 0. The van der Waals surface area contributed by atoms with Crippen molar-refractivity contribution in [3.05, 3.63) is 99.0 Å². The van der Waals surface area contributed by atoms with Crippen LogP contribution in [0.1, 0.15) is 57.2 Å². The second-order valence-electron chi connectivity index (χ2n) is 10.7. The van der Waals surface area contributed by atoms with Crippen LogP contribution in [0.3, 0.4) is 0 Å². The molecule has 3 aromatic carbocycles. The highest BCUT2D eigenvalue weighted by Gasteiger charge is 2.32. The van der Waals surface area contributed by atoms with Crippen LogP contribution in [0.15, 0.2) is 77.3 Å². The van der Waals surface area contributed by atoms with Gasteiger partial charge in [-0.1, -0.05) is 74.0 Å². The van der Waals surface area contributed by atoms with Gasteiger partial charge in [0.2, 0.25) is 5.91 Å². The Bertz CT molecular complexity index is 1220. The van der Waals surface area contributed by atoms with E-state index in [4.69, 9.17) is 16.3 Å². The third kappa shape index (κ3) is 8.88. The van der Waals surface area contributed by atoms with Crippen molar-refractivity contribution >= 4 is 39.3 Å². The smallest absolute Gasteiger partial charge is 0.261 e. The van der Waals surface area contributed by atoms with Gasteiger partial charge in [-0.05, 0) is 83.6 Å². The fourth-order valence-electron chi connectivity index (χ4n) is 4.01. The molecule has 3 aromatic rings. The predicted molar refractivity (Wildman–Crippen MR) is 158 cm³/mol. The van der Waals surface area contributed by atoms with Gasteiger partial charge in [-0.2, -0.15) is 0 Å². The lowest BCUT2D eigenvalue weighted by atomic mass is 10.0. The van der Waals surface area contributed by atoms with Crippen molar-refractivity contribution in [1.29, 1.82) is 0 Å². The second-order valence-corrected chi connectivity index (χ2v) is 12.0. The Morgan fingerprint density at radius 1 is 0.974 bits per heavy atom. The van der Waals surface area contributed by atoms with Gasteiger partial charge < -0.3 is 15.0 Å². The monoisotopic (exact) mass is 598 g/mol. The van der Waals surface area contributed by atoms with E-state index in [0.29, 0.717) is 23.1 Å². The highest BCUT2D eigenvalue weighted by atomic mass is 79.9. The molecule has 202 valence electrons. The van der Waals surface area contributed by atoms with E-state index in [0.717, 1.165) is 15.6 Å². The number of carbonyl (C=O) groups is 2. The van der Waals surface area contributed by atoms with Crippen LogP contribution >= 0.6 is 27.5 Å². The summed E-state index contributed by atoms with van der Waals surface area (Å²) >= 11 is 9.66. The molecule has 0 fully saturated rings. The minimum absolute atomic E-state index is 0.207. The molecular formula is C31H36BrClN2O3. The van der Waals surface area contributed by atoms with Crippen molar-refractivity contribution in [3.8, 4) is 5.75 Å². The van der Waals surface area contributed by atoms with Crippen molar-refractivity contribution in [3.63, 3.8) is 0 Å². The summed E-state index contributed by atoms with van der Waals surface area (Å²) in [6, 6.07) is 22.1. The Morgan fingerprint density at radius 2 is 1.63 bits per heavy atom. The lowest BCUT2D eigenvalue weighted by molar-refractivity contribution is -0.143. The average molecular weight is 600 g/mol. The van der Waals surface area contributed by atoms with Crippen molar-refractivity contribution in [2.75, 3.05) is 6.61 Å². The topological polar surface area (TPSA) is 58.6 Å². The molecule has 0 saturated heterocycles. The first-order valence-corrected chi connectivity index (χ1v) is 13.9. The summed E-state index contributed by atoms with van der Waals surface area (Å²) in [6.07, 6.45) is 0.370. The molecule has 0 spiro atoms. The quantitative estimate of drug-likeness (QED) is 0.269. The molecule has 0 aliphatic carbocycles. The zero-order valence-corrected chi connectivity index (χ0v) is 25.0. The molecule has 0 heterocycles. The number of ether oxygens (including phenoxy) is 1. The summed E-state index contributed by atoms with van der Waals surface area (Å²) in [5.41, 5.74) is 2.54. The van der Waals surface area contributed by atoms with E-state index in [2.05, 4.69) is 35.1 Å². The van der Waals surface area contributed by atoms with Crippen LogP contribution in [-0.2, 0) is 22.6 Å². The summed E-state index contributed by atoms with van der Waals surface area (Å²) in [6.45, 7) is 10.1. The van der Waals surface area contributed by atoms with Crippen molar-refractivity contribution < 1.29 is 14.3 Å². The van der Waals surface area contributed by atoms with Gasteiger partial charge in [0, 0.05) is 23.5 Å². The number of hydrogen-bond acceptors (Lipinski definition) is 3. The van der Waals surface area contributed by atoms with E-state index in [9.17, 15) is 9.59 Å². The maximum atomic E-state index is 13.8. The van der Waals surface area contributed by atoms with Crippen molar-refractivity contribution in [2.45, 2.75) is 65.1 Å². The SMILES string of the molecule is CC(C)c1ccc(OCC(=O)N(Cc2ccc(Cl)cc2)[C@H](Cc2ccccc2)C(=O)NC(C)(C)C)c(Br)c1. The van der Waals surface area contributed by atoms with E-state index in [-0.39, 0.29) is 25.0 Å². The summed E-state index contributed by atoms with van der Waals surface area (Å²) in [5.74, 6) is 0.445. The first kappa shape index (κ1) is 29.7. The zero-order chi connectivity index (χ0) is 27.9. The number of halogens is 2. The Hall–Kier alpha value is -2.83. The van der Waals surface area contributed by atoms with Crippen LogP contribution < -0.4 is 10.1 Å². The third-order valence-corrected chi connectivity index (χ3v) is 6.88. The molecule has 0 bridgehead atoms. The Labute approximate surface area is 239 Å². The molecule has 0 radical (unpaired) electrons. The standard InChI is InChI=1S/C31H36BrClN2O3/c1-21(2)24-13-16-28(26(32)18-24)38-20-29(36)35(19-23-11-14-25(33)15-12-23)27(30(37)34-31(3,4)5)17-22-9-7-6-8-10-22/h6-16,18,21,27H,17,19-20H2,1-5H3,(H,34,37)/t27-/m1/s1. The van der Waals surface area contributed by atoms with Crippen LogP contribution in [0.2, 0.25) is 5.02 Å². The first-order chi connectivity index (χ1) is 17.9. The first-order valence-electron chi connectivity index (χ1n) is 12.7. The van der Waals surface area contributed by atoms with Gasteiger partial charge in [-0.3, -0.25) is 9.59 Å². The van der Waals surface area contributed by atoms with Gasteiger partial charge in [0.25, 0.3) is 5.91 Å². The van der Waals surface area contributed by atoms with E-state index < -0.39 is 11.6 Å². The van der Waals surface area contributed by atoms with E-state index in [1.54, 1.807) is 17.0 Å². The van der Waals surface area contributed by atoms with Crippen LogP contribution in [-0.4, -0.2) is 34.9 Å². The van der Waals surface area contributed by atoms with E-state index in [1.807, 2.05) is 81.4 Å². The summed E-state index contributed by atoms with van der Waals surface area (Å²) < 4.78 is 6.75. The highest BCUT2D eigenvalue weighted by molar-refractivity contribution is 9.10. The molecule has 1 atom stereocenters. The summed E-state index contributed by atoms with van der Waals surface area (Å²) in [4.78, 5) is 29.0. The third-order valence-electron chi connectivity index (χ3n) is 6.01. The Kier molecular flexibility index (Phi) is 10.4. The van der Waals surface area contributed by atoms with Gasteiger partial charge in [-0.25, -0.2) is 0 Å². The minimum atomic E-state index is -0.741. The number of carbonyl (C=O) groups excluding carboxylic acids is 2. The molecule has 1 N–H and O–H groups in total. The van der Waals surface area contributed by atoms with Crippen molar-refractivity contribution in [1.82, 2.24) is 10.2 Å². The fourth-order valence-corrected chi connectivity index (χ4v) is 4.65. The molecule has 0 aliphatic rings. The highest BCUT2D eigenvalue weighted by Crippen LogP contribution is 2.29. The zero-order valence-electron chi connectivity index (χ0n) is 22.6. The lowest BCUT2D eigenvalue weighted by Gasteiger charge is -2.33. The van der Waals surface area contributed by atoms with E-state index >= 15 is 0 Å². The second kappa shape index (κ2) is 13.3. The number of hydrogen-bond donors (Lipinski definition) is 1. The molecule has 7 heteroatoms. The number of amides is 2. The summed E-state index contributed by atoms with van der Waals surface area (Å²) in [5, 5.41) is 3.67. The largest absolute Gasteiger partial charge is 0.483 e. The minimum Gasteiger partial charge on any atom is -0.483 e. The lowest BCUT2D eigenvalue weighted by Crippen LogP contribution is -2.55. The maximum Gasteiger partial charge on any atom is 0.261 e. The number of rotatable bonds is 10. The molecule has 0 aliphatic heterocycles. The molecule has 3 rings (SSSR count). The van der Waals surface area contributed by atoms with Gasteiger partial charge in [0.05, 0.1) is 4.47 Å². The maximum absolute atomic E-state index is 13.8. The van der Waals surface area contributed by atoms with Crippen LogP contribution in [0.25, 0.3) is 0 Å². The molecule has 5 nitrogen and oxygen atoms in total. The molecular weight excluding hydrogens is 564 g/mol. The van der Waals surface area contributed by atoms with Crippen LogP contribution in [0, 0.1) is 0 Å². The van der Waals surface area contributed by atoms with Gasteiger partial charge in [0.15, 0.2) is 6.61 Å². The number of nitrogens with one attached hydrogen (secondary N) is 1. The van der Waals surface area contributed by atoms with E-state index in [1.165, 1.54) is 5.56 Å². The number of benzene rings is 3. The fraction of sp³-hybridized carbons (Fsp3) is 0.355. The van der Waals surface area contributed by atoms with Gasteiger partial charge in [0.1, 0.15) is 11.8 Å². The molecule has 38 heavy (non-hydrogen) atoms. The van der Waals surface area contributed by atoms with Crippen LogP contribution in [0.5, 0.6) is 5.75 Å². The molecule has 0 unspecified atom stereocenters. The normalized spacial score (nSPS) is 12.2. The Morgan fingerprint density at radius 3 is 2.21 bits per heavy atom. The predicted octanol–water partition coefficient (Wildman–Crippen LogP) is 7.16. The average Bonchev–Trinajstić information content (AvgIpc) is 2.85. The van der Waals surface area contributed by atoms with Gasteiger partial charge >= 0.3 is 0 Å². The molecule has 0 aromatic heterocycles. The Balaban J connectivity index is 1.92.